The number of amides is 1. The summed E-state index contributed by atoms with van der Waals surface area (Å²) in [5.74, 6) is 0.936. The van der Waals surface area contributed by atoms with Crippen molar-refractivity contribution in [1.29, 1.82) is 0 Å². The van der Waals surface area contributed by atoms with E-state index in [1.165, 1.54) is 0 Å². The normalized spacial score (nSPS) is 10.8. The maximum atomic E-state index is 11.3. The molecule has 1 N–H and O–H groups in total. The van der Waals surface area contributed by atoms with Crippen LogP contribution in [0, 0.1) is 11.8 Å². The second-order valence-electron chi connectivity index (χ2n) is 7.54. The van der Waals surface area contributed by atoms with Crippen LogP contribution in [0.1, 0.15) is 34.6 Å². The first-order valence-electron chi connectivity index (χ1n) is 11.1. The van der Waals surface area contributed by atoms with Gasteiger partial charge in [0.05, 0.1) is 72.7 Å². The number of ether oxygens (including phenoxy) is 6. The molecule has 0 saturated heterocycles. The van der Waals surface area contributed by atoms with Crippen molar-refractivity contribution in [2.24, 2.45) is 11.8 Å². The van der Waals surface area contributed by atoms with Gasteiger partial charge in [0.1, 0.15) is 6.61 Å². The number of carbonyl (C=O) groups excluding carboxylic acids is 2. The molecule has 9 heteroatoms. The summed E-state index contributed by atoms with van der Waals surface area (Å²) in [5, 5.41) is 2.51. The van der Waals surface area contributed by atoms with Crippen LogP contribution in [0.15, 0.2) is 0 Å². The van der Waals surface area contributed by atoms with Crippen LogP contribution in [-0.4, -0.2) is 98.0 Å². The minimum atomic E-state index is 0.00445. The van der Waals surface area contributed by atoms with Gasteiger partial charge < -0.3 is 33.7 Å². The molecule has 0 aromatic heterocycles. The van der Waals surface area contributed by atoms with Gasteiger partial charge in [-0.25, -0.2) is 0 Å². The van der Waals surface area contributed by atoms with Gasteiger partial charge >= 0.3 is 0 Å². The molecule has 0 rings (SSSR count). The summed E-state index contributed by atoms with van der Waals surface area (Å²) in [4.78, 5) is 21.3. The van der Waals surface area contributed by atoms with E-state index in [0.29, 0.717) is 85.6 Å². The molecule has 0 aromatic rings. The van der Waals surface area contributed by atoms with Crippen LogP contribution < -0.4 is 5.32 Å². The monoisotopic (exact) mass is 451 g/mol. The Kier molecular flexibility index (Phi) is 27.9. The number of hydrogen-bond donors (Lipinski definition) is 1. The molecule has 0 aliphatic carbocycles. The van der Waals surface area contributed by atoms with Gasteiger partial charge in [0, 0.05) is 12.5 Å². The summed E-state index contributed by atoms with van der Waals surface area (Å²) in [6, 6.07) is 0. The lowest BCUT2D eigenvalue weighted by atomic mass is 10.1. The zero-order valence-electron chi connectivity index (χ0n) is 20.2. The molecule has 9 nitrogen and oxygen atoms in total. The molecule has 0 atom stereocenters. The summed E-state index contributed by atoms with van der Waals surface area (Å²) < 4.78 is 31.8. The van der Waals surface area contributed by atoms with Crippen molar-refractivity contribution in [2.45, 2.75) is 34.6 Å². The number of nitrogens with one attached hydrogen (secondary N) is 1. The fourth-order valence-electron chi connectivity index (χ4n) is 1.63. The standard InChI is InChI=1S/C18H35NO8.C4H10/c1-17(2)18(21)15-27-14-13-26-12-11-25-10-9-24-8-7-23-6-5-22-4-3-19-16-20;1-4(2)3/h16-17H,3-15H2,1-2H3,(H,19,20);4H,1-3H3. The van der Waals surface area contributed by atoms with E-state index in [1.807, 2.05) is 13.8 Å². The SMILES string of the molecule is CC(C)C.CC(C)C(=O)COCCOCCOCCOCCOCCOCCNC=O. The summed E-state index contributed by atoms with van der Waals surface area (Å²) in [7, 11) is 0. The summed E-state index contributed by atoms with van der Waals surface area (Å²) in [6.45, 7) is 16.1. The maximum Gasteiger partial charge on any atom is 0.207 e. The molecule has 0 aromatic carbocycles. The summed E-state index contributed by atoms with van der Waals surface area (Å²) >= 11 is 0. The predicted molar refractivity (Wildman–Crippen MR) is 119 cm³/mol. The first-order valence-corrected chi connectivity index (χ1v) is 11.1. The minimum Gasteiger partial charge on any atom is -0.377 e. The largest absolute Gasteiger partial charge is 0.377 e. The lowest BCUT2D eigenvalue weighted by Gasteiger charge is -2.08. The molecule has 1 amide bonds. The molecule has 0 bridgehead atoms. The highest BCUT2D eigenvalue weighted by atomic mass is 16.6. The van der Waals surface area contributed by atoms with Crippen LogP contribution >= 0.6 is 0 Å². The highest BCUT2D eigenvalue weighted by Gasteiger charge is 2.06. The first-order chi connectivity index (χ1) is 14.9. The van der Waals surface area contributed by atoms with Crippen molar-refractivity contribution >= 4 is 12.2 Å². The van der Waals surface area contributed by atoms with Crippen molar-refractivity contribution in [3.8, 4) is 0 Å². The van der Waals surface area contributed by atoms with E-state index >= 15 is 0 Å². The Morgan fingerprint density at radius 2 is 0.968 bits per heavy atom. The Bertz CT molecular complexity index is 378. The lowest BCUT2D eigenvalue weighted by molar-refractivity contribution is -0.127. The number of carbonyl (C=O) groups is 2. The molecule has 0 spiro atoms. The number of rotatable bonds is 22. The van der Waals surface area contributed by atoms with Gasteiger partial charge in [0.25, 0.3) is 0 Å². The van der Waals surface area contributed by atoms with Gasteiger partial charge in [0.2, 0.25) is 6.41 Å². The predicted octanol–water partition coefficient (Wildman–Crippen LogP) is 1.72. The van der Waals surface area contributed by atoms with E-state index in [9.17, 15) is 9.59 Å². The molecule has 186 valence electrons. The van der Waals surface area contributed by atoms with Crippen molar-refractivity contribution in [1.82, 2.24) is 5.32 Å². The Labute approximate surface area is 188 Å². The first kappa shape index (κ1) is 32.1. The van der Waals surface area contributed by atoms with E-state index in [-0.39, 0.29) is 18.3 Å². The summed E-state index contributed by atoms with van der Waals surface area (Å²) in [5.41, 5.74) is 0. The molecule has 0 saturated carbocycles. The topological polar surface area (TPSA) is 102 Å². The van der Waals surface area contributed by atoms with E-state index in [4.69, 9.17) is 28.4 Å². The highest BCUT2D eigenvalue weighted by molar-refractivity contribution is 5.81. The van der Waals surface area contributed by atoms with Gasteiger partial charge in [-0.15, -0.1) is 0 Å². The number of Topliss-reactive ketones (excluding diaryl/α,β-unsaturated/α-hetero) is 1. The van der Waals surface area contributed by atoms with E-state index in [0.717, 1.165) is 5.92 Å². The molecule has 0 unspecified atom stereocenters. The summed E-state index contributed by atoms with van der Waals surface area (Å²) in [6.07, 6.45) is 0.642. The van der Waals surface area contributed by atoms with Crippen LogP contribution in [0.5, 0.6) is 0 Å². The second-order valence-corrected chi connectivity index (χ2v) is 7.54. The zero-order chi connectivity index (χ0) is 23.6. The van der Waals surface area contributed by atoms with Crippen LogP contribution in [0.4, 0.5) is 0 Å². The molecule has 0 heterocycles. The molecule has 0 aliphatic rings. The van der Waals surface area contributed by atoms with E-state index < -0.39 is 0 Å². The van der Waals surface area contributed by atoms with Crippen molar-refractivity contribution < 1.29 is 38.0 Å². The lowest BCUT2D eigenvalue weighted by Crippen LogP contribution is -2.19. The third-order valence-electron chi connectivity index (χ3n) is 3.22. The smallest absolute Gasteiger partial charge is 0.207 e. The molecular formula is C22H45NO8. The average molecular weight is 452 g/mol. The Hall–Kier alpha value is -1.10. The zero-order valence-corrected chi connectivity index (χ0v) is 20.2. The highest BCUT2D eigenvalue weighted by Crippen LogP contribution is 1.94. The fraction of sp³-hybridized carbons (Fsp3) is 0.909. The number of hydrogen-bond acceptors (Lipinski definition) is 8. The van der Waals surface area contributed by atoms with Crippen molar-refractivity contribution in [3.05, 3.63) is 0 Å². The molecule has 0 fully saturated rings. The van der Waals surface area contributed by atoms with Crippen LogP contribution in [0.25, 0.3) is 0 Å². The fourth-order valence-corrected chi connectivity index (χ4v) is 1.63. The Morgan fingerprint density at radius 3 is 1.29 bits per heavy atom. The Morgan fingerprint density at radius 1 is 0.645 bits per heavy atom. The van der Waals surface area contributed by atoms with Gasteiger partial charge in [-0.05, 0) is 5.92 Å². The third-order valence-corrected chi connectivity index (χ3v) is 3.22. The molecule has 0 aliphatic heterocycles. The maximum absolute atomic E-state index is 11.3. The van der Waals surface area contributed by atoms with Gasteiger partial charge in [-0.1, -0.05) is 34.6 Å². The van der Waals surface area contributed by atoms with Crippen molar-refractivity contribution in [2.75, 3.05) is 85.8 Å². The Balaban J connectivity index is 0. The minimum absolute atomic E-state index is 0.00445. The molecule has 31 heavy (non-hydrogen) atoms. The quantitative estimate of drug-likeness (QED) is 0.196. The van der Waals surface area contributed by atoms with Gasteiger partial charge in [-0.2, -0.15) is 0 Å². The second kappa shape index (κ2) is 26.9. The van der Waals surface area contributed by atoms with Crippen molar-refractivity contribution in [3.63, 3.8) is 0 Å². The van der Waals surface area contributed by atoms with Gasteiger partial charge in [-0.3, -0.25) is 9.59 Å². The third kappa shape index (κ3) is 33.7. The molecule has 0 radical (unpaired) electrons. The van der Waals surface area contributed by atoms with Crippen LogP contribution in [-0.2, 0) is 38.0 Å². The molecular weight excluding hydrogens is 406 g/mol. The van der Waals surface area contributed by atoms with Gasteiger partial charge in [0.15, 0.2) is 5.78 Å². The van der Waals surface area contributed by atoms with Crippen LogP contribution in [0.3, 0.4) is 0 Å². The average Bonchev–Trinajstić information content (AvgIpc) is 2.71. The van der Waals surface area contributed by atoms with Crippen LogP contribution in [0.2, 0.25) is 0 Å². The van der Waals surface area contributed by atoms with E-state index in [2.05, 4.69) is 26.1 Å². The number of ketones is 1. The van der Waals surface area contributed by atoms with E-state index in [1.54, 1.807) is 0 Å².